The molecule has 4 amide bonds. The van der Waals surface area contributed by atoms with Gasteiger partial charge in [-0.15, -0.1) is 0 Å². The fraction of sp³-hybridized carbons (Fsp3) is 0.500. The maximum atomic E-state index is 12.7. The van der Waals surface area contributed by atoms with Crippen molar-refractivity contribution in [3.05, 3.63) is 35.9 Å². The molecule has 1 heterocycles. The van der Waals surface area contributed by atoms with E-state index in [0.717, 1.165) is 0 Å². The molecule has 1 aliphatic heterocycles. The number of likely N-dealkylation sites (N-methyl/N-ethyl adjacent to an activating group) is 2. The summed E-state index contributed by atoms with van der Waals surface area (Å²) in [5.41, 5.74) is 0.572. The number of likely N-dealkylation sites (tertiary alicyclic amines) is 1. The van der Waals surface area contributed by atoms with Crippen molar-refractivity contribution >= 4 is 35.2 Å². The summed E-state index contributed by atoms with van der Waals surface area (Å²) in [7, 11) is 4.76. The van der Waals surface area contributed by atoms with Gasteiger partial charge in [-0.05, 0) is 19.0 Å². The van der Waals surface area contributed by atoms with Crippen molar-refractivity contribution in [2.24, 2.45) is 0 Å². The number of amides is 4. The van der Waals surface area contributed by atoms with Gasteiger partial charge < -0.3 is 20.9 Å². The lowest BCUT2D eigenvalue weighted by atomic mass is 10.0. The van der Waals surface area contributed by atoms with Crippen LogP contribution in [-0.2, 0) is 28.8 Å². The molecule has 11 nitrogen and oxygen atoms in total. The molecule has 1 aromatic carbocycles. The molecule has 11 heteroatoms. The van der Waals surface area contributed by atoms with E-state index in [-0.39, 0.29) is 31.1 Å². The zero-order valence-corrected chi connectivity index (χ0v) is 20.5. The predicted molar refractivity (Wildman–Crippen MR) is 127 cm³/mol. The number of hydrogen-bond donors (Lipinski definition) is 3. The normalized spacial score (nSPS) is 17.3. The number of hydrogen-bond acceptors (Lipinski definition) is 7. The maximum absolute atomic E-state index is 12.7. The standard InChI is InChI=1S/C24H33N5O6/c1-5-9-17(26-22(33)18-12-16(30)14-29(18)4)21(32)23(34)25-13-19(31)27-20(24(35)28(2)3)15-10-7-6-8-11-15/h6-8,10-11,17-18,20H,5,9,12-14H2,1-4H3,(H,25,34)(H,26,33)(H,27,31)/t17?,18?,20-/m1/s1. The smallest absolute Gasteiger partial charge is 0.290 e. The van der Waals surface area contributed by atoms with Crippen LogP contribution >= 0.6 is 0 Å². The second-order valence-corrected chi connectivity index (χ2v) is 8.71. The molecule has 0 spiro atoms. The molecule has 0 aliphatic carbocycles. The molecule has 0 bridgehead atoms. The third-order valence-electron chi connectivity index (χ3n) is 5.65. The van der Waals surface area contributed by atoms with Crippen LogP contribution in [0.2, 0.25) is 0 Å². The van der Waals surface area contributed by atoms with Crippen molar-refractivity contribution in [3.8, 4) is 0 Å². The van der Waals surface area contributed by atoms with Crippen LogP contribution in [0.25, 0.3) is 0 Å². The fourth-order valence-corrected chi connectivity index (χ4v) is 3.75. The van der Waals surface area contributed by atoms with E-state index in [2.05, 4.69) is 16.0 Å². The number of Topliss-reactive ketones (excluding diaryl/α,β-unsaturated/α-hetero) is 2. The van der Waals surface area contributed by atoms with E-state index in [1.54, 1.807) is 63.3 Å². The minimum Gasteiger partial charge on any atom is -0.347 e. The molecule has 190 valence electrons. The highest BCUT2D eigenvalue weighted by Crippen LogP contribution is 2.15. The molecule has 0 saturated carbocycles. The summed E-state index contributed by atoms with van der Waals surface area (Å²) < 4.78 is 0. The Morgan fingerprint density at radius 1 is 1.09 bits per heavy atom. The van der Waals surface area contributed by atoms with Gasteiger partial charge in [0.25, 0.3) is 5.91 Å². The summed E-state index contributed by atoms with van der Waals surface area (Å²) >= 11 is 0. The number of nitrogens with zero attached hydrogens (tertiary/aromatic N) is 2. The Balaban J connectivity index is 1.97. The summed E-state index contributed by atoms with van der Waals surface area (Å²) in [6.07, 6.45) is 0.799. The molecule has 1 saturated heterocycles. The Morgan fingerprint density at radius 3 is 2.29 bits per heavy atom. The SMILES string of the molecule is CCCC(NC(=O)C1CC(=O)CN1C)C(=O)C(=O)NCC(=O)N[C@@H](C(=O)N(C)C)c1ccccc1. The van der Waals surface area contributed by atoms with E-state index in [4.69, 9.17) is 0 Å². The first kappa shape index (κ1) is 27.6. The lowest BCUT2D eigenvalue weighted by Crippen LogP contribution is -2.52. The largest absolute Gasteiger partial charge is 0.347 e. The summed E-state index contributed by atoms with van der Waals surface area (Å²) in [6, 6.07) is 5.93. The number of nitrogens with one attached hydrogen (secondary N) is 3. The van der Waals surface area contributed by atoms with Gasteiger partial charge in [0.1, 0.15) is 11.8 Å². The molecule has 2 rings (SSSR count). The maximum Gasteiger partial charge on any atom is 0.290 e. The van der Waals surface area contributed by atoms with Crippen LogP contribution in [0, 0.1) is 0 Å². The van der Waals surface area contributed by atoms with Gasteiger partial charge in [0.05, 0.1) is 25.2 Å². The molecule has 0 radical (unpaired) electrons. The van der Waals surface area contributed by atoms with Crippen LogP contribution in [0.15, 0.2) is 30.3 Å². The van der Waals surface area contributed by atoms with Crippen LogP contribution < -0.4 is 16.0 Å². The fourth-order valence-electron chi connectivity index (χ4n) is 3.75. The van der Waals surface area contributed by atoms with Gasteiger partial charge in [-0.3, -0.25) is 33.7 Å². The highest BCUT2D eigenvalue weighted by Gasteiger charge is 2.36. The van der Waals surface area contributed by atoms with Crippen molar-refractivity contribution in [3.63, 3.8) is 0 Å². The van der Waals surface area contributed by atoms with E-state index >= 15 is 0 Å². The van der Waals surface area contributed by atoms with Gasteiger partial charge in [-0.1, -0.05) is 43.7 Å². The molecule has 2 unspecified atom stereocenters. The summed E-state index contributed by atoms with van der Waals surface area (Å²) in [6.45, 7) is 1.43. The van der Waals surface area contributed by atoms with Crippen molar-refractivity contribution < 1.29 is 28.8 Å². The number of carbonyl (C=O) groups is 6. The topological polar surface area (TPSA) is 145 Å². The van der Waals surface area contributed by atoms with Gasteiger partial charge in [-0.2, -0.15) is 0 Å². The van der Waals surface area contributed by atoms with Crippen molar-refractivity contribution in [1.29, 1.82) is 0 Å². The molecule has 3 N–H and O–H groups in total. The Kier molecular flexibility index (Phi) is 10.1. The molecule has 1 aromatic rings. The van der Waals surface area contributed by atoms with Crippen molar-refractivity contribution in [2.45, 2.75) is 44.3 Å². The van der Waals surface area contributed by atoms with E-state index < -0.39 is 48.2 Å². The Labute approximate surface area is 204 Å². The summed E-state index contributed by atoms with van der Waals surface area (Å²) in [4.78, 5) is 77.3. The third-order valence-corrected chi connectivity index (χ3v) is 5.65. The van der Waals surface area contributed by atoms with Gasteiger partial charge in [0, 0.05) is 20.5 Å². The van der Waals surface area contributed by atoms with Gasteiger partial charge in [0.2, 0.25) is 23.5 Å². The molecule has 3 atom stereocenters. The minimum atomic E-state index is -1.08. The Bertz CT molecular complexity index is 964. The summed E-state index contributed by atoms with van der Waals surface area (Å²) in [5, 5.41) is 7.41. The van der Waals surface area contributed by atoms with Gasteiger partial charge in [0.15, 0.2) is 0 Å². The number of carbonyl (C=O) groups excluding carboxylic acids is 6. The lowest BCUT2D eigenvalue weighted by Gasteiger charge is -2.23. The third kappa shape index (κ3) is 7.71. The van der Waals surface area contributed by atoms with Gasteiger partial charge in [-0.25, -0.2) is 0 Å². The highest BCUT2D eigenvalue weighted by atomic mass is 16.2. The Hall–Kier alpha value is -3.60. The molecular formula is C24H33N5O6. The van der Waals surface area contributed by atoms with Gasteiger partial charge >= 0.3 is 0 Å². The zero-order valence-electron chi connectivity index (χ0n) is 20.5. The van der Waals surface area contributed by atoms with Crippen LogP contribution in [0.4, 0.5) is 0 Å². The molecule has 1 fully saturated rings. The van der Waals surface area contributed by atoms with E-state index in [9.17, 15) is 28.8 Å². The average Bonchev–Trinajstić information content (AvgIpc) is 3.18. The number of rotatable bonds is 11. The van der Waals surface area contributed by atoms with Crippen molar-refractivity contribution in [1.82, 2.24) is 25.8 Å². The monoisotopic (exact) mass is 487 g/mol. The molecule has 0 aromatic heterocycles. The second-order valence-electron chi connectivity index (χ2n) is 8.71. The first-order chi connectivity index (χ1) is 16.5. The quantitative estimate of drug-likeness (QED) is 0.346. The van der Waals surface area contributed by atoms with E-state index in [1.807, 2.05) is 0 Å². The average molecular weight is 488 g/mol. The first-order valence-electron chi connectivity index (χ1n) is 11.4. The van der Waals surface area contributed by atoms with Crippen molar-refractivity contribution in [2.75, 3.05) is 34.2 Å². The van der Waals surface area contributed by atoms with Crippen LogP contribution in [0.3, 0.4) is 0 Å². The van der Waals surface area contributed by atoms with E-state index in [0.29, 0.717) is 12.0 Å². The van der Waals surface area contributed by atoms with Crippen LogP contribution in [0.5, 0.6) is 0 Å². The first-order valence-corrected chi connectivity index (χ1v) is 11.4. The zero-order chi connectivity index (χ0) is 26.1. The Morgan fingerprint density at radius 2 is 1.74 bits per heavy atom. The molecule has 1 aliphatic rings. The van der Waals surface area contributed by atoms with Crippen LogP contribution in [0.1, 0.15) is 37.8 Å². The minimum absolute atomic E-state index is 0.0516. The second kappa shape index (κ2) is 12.7. The molecule has 35 heavy (non-hydrogen) atoms. The number of ketones is 2. The number of benzene rings is 1. The predicted octanol–water partition coefficient (Wildman–Crippen LogP) is -0.824. The lowest BCUT2D eigenvalue weighted by molar-refractivity contribution is -0.141. The van der Waals surface area contributed by atoms with E-state index in [1.165, 1.54) is 4.90 Å². The summed E-state index contributed by atoms with van der Waals surface area (Å²) in [5.74, 6) is -3.49. The molecular weight excluding hydrogens is 454 g/mol. The van der Waals surface area contributed by atoms with Crippen LogP contribution in [-0.4, -0.2) is 91.3 Å². The highest BCUT2D eigenvalue weighted by molar-refractivity contribution is 6.38.